The number of aromatic amines is 1. The van der Waals surface area contributed by atoms with E-state index in [1.54, 1.807) is 0 Å². The van der Waals surface area contributed by atoms with Gasteiger partial charge in [0.05, 0.1) is 10.9 Å². The van der Waals surface area contributed by atoms with Gasteiger partial charge < -0.3 is 9.55 Å². The summed E-state index contributed by atoms with van der Waals surface area (Å²) in [7, 11) is -4.90. The Labute approximate surface area is 207 Å². The number of rotatable bonds is 4. The third kappa shape index (κ3) is 3.34. The second kappa shape index (κ2) is 8.04. The molecule has 0 aliphatic heterocycles. The number of hydrogen-bond acceptors (Lipinski definition) is 4. The quantitative estimate of drug-likeness (QED) is 0.257. The zero-order valence-electron chi connectivity index (χ0n) is 19.5. The molecular weight excluding hydrogens is 477 g/mol. The lowest BCUT2D eigenvalue weighted by molar-refractivity contribution is 0.327. The maximum absolute atomic E-state index is 13.9. The van der Waals surface area contributed by atoms with Crippen LogP contribution < -0.4 is 5.43 Å². The molecule has 0 atom stereocenters. The first-order valence-corrected chi connectivity index (χ1v) is 13.2. The van der Waals surface area contributed by atoms with Crippen molar-refractivity contribution in [1.82, 2.24) is 14.5 Å². The molecule has 0 spiro atoms. The zero-order chi connectivity index (χ0) is 25.2. The highest BCUT2D eigenvalue weighted by Crippen LogP contribution is 2.39. The van der Waals surface area contributed by atoms with Gasteiger partial charge in [-0.2, -0.15) is 8.42 Å². The summed E-state index contributed by atoms with van der Waals surface area (Å²) in [6, 6.07) is 10.9. The highest BCUT2D eigenvalue weighted by atomic mass is 32.3. The summed E-state index contributed by atoms with van der Waals surface area (Å²) >= 11 is 0. The van der Waals surface area contributed by atoms with E-state index >= 15 is 0 Å². The number of H-pyrrole nitrogens is 1. The van der Waals surface area contributed by atoms with E-state index in [1.165, 1.54) is 12.3 Å². The van der Waals surface area contributed by atoms with Crippen LogP contribution in [0, 0.1) is 12.3 Å². The van der Waals surface area contributed by atoms with Crippen LogP contribution in [-0.4, -0.2) is 23.0 Å². The molecule has 0 amide bonds. The van der Waals surface area contributed by atoms with Crippen molar-refractivity contribution in [2.24, 2.45) is 0 Å². The lowest BCUT2D eigenvalue weighted by atomic mass is 9.90. The fourth-order valence-corrected chi connectivity index (χ4v) is 5.69. The molecule has 180 valence electrons. The SMILES string of the molecule is C#Cc1ccc2c(c1)[nH]c1c2c(=O)c2cc(CC)c(-c3cncc(S(=O)(=O)F)c3)cc2n1C1CCC1. The molecule has 0 bridgehead atoms. The molecule has 2 aromatic carbocycles. The smallest absolute Gasteiger partial charge is 0.333 e. The first-order chi connectivity index (χ1) is 17.3. The van der Waals surface area contributed by atoms with E-state index in [4.69, 9.17) is 6.42 Å². The van der Waals surface area contributed by atoms with Gasteiger partial charge in [-0.25, -0.2) is 0 Å². The summed E-state index contributed by atoms with van der Waals surface area (Å²) in [5.41, 5.74) is 5.01. The minimum absolute atomic E-state index is 0.0743. The van der Waals surface area contributed by atoms with Gasteiger partial charge in [-0.3, -0.25) is 9.78 Å². The molecule has 0 saturated heterocycles. The molecule has 3 heterocycles. The van der Waals surface area contributed by atoms with Gasteiger partial charge in [0, 0.05) is 45.9 Å². The number of benzene rings is 2. The predicted molar refractivity (Wildman–Crippen MR) is 139 cm³/mol. The topological polar surface area (TPSA) is 84.8 Å². The Morgan fingerprint density at radius 2 is 1.97 bits per heavy atom. The molecule has 0 radical (unpaired) electrons. The molecule has 0 unspecified atom stereocenters. The lowest BCUT2D eigenvalue weighted by Crippen LogP contribution is -2.21. The van der Waals surface area contributed by atoms with Crippen molar-refractivity contribution in [3.63, 3.8) is 0 Å². The molecule has 1 aliphatic rings. The Kier molecular flexibility index (Phi) is 5.02. The second-order valence-electron chi connectivity index (χ2n) is 9.26. The van der Waals surface area contributed by atoms with Crippen LogP contribution in [0.3, 0.4) is 0 Å². The number of hydrogen-bond donors (Lipinski definition) is 1. The molecule has 8 heteroatoms. The number of halogens is 1. The van der Waals surface area contributed by atoms with E-state index in [9.17, 15) is 17.1 Å². The standard InChI is InChI=1S/C28H22FN3O3S/c1-3-16-8-9-21-24(10-16)31-28-26(21)27(33)23-12-17(4-2)22(13-25(23)32(28)19-6-5-7-19)18-11-20(15-30-14-18)36(29,34)35/h1,8-15,19,31H,4-7H2,2H3. The maximum Gasteiger partial charge on any atom is 0.333 e. The minimum Gasteiger partial charge on any atom is -0.340 e. The number of aromatic nitrogens is 3. The molecule has 6 rings (SSSR count). The van der Waals surface area contributed by atoms with Crippen LogP contribution >= 0.6 is 0 Å². The zero-order valence-corrected chi connectivity index (χ0v) is 20.3. The number of aryl methyl sites for hydroxylation is 1. The van der Waals surface area contributed by atoms with Gasteiger partial charge in [-0.15, -0.1) is 10.3 Å². The van der Waals surface area contributed by atoms with Gasteiger partial charge in [-0.1, -0.05) is 18.9 Å². The van der Waals surface area contributed by atoms with Crippen molar-refractivity contribution in [2.75, 3.05) is 0 Å². The van der Waals surface area contributed by atoms with Gasteiger partial charge in [0.25, 0.3) is 0 Å². The molecule has 6 nitrogen and oxygen atoms in total. The van der Waals surface area contributed by atoms with E-state index in [0.717, 1.165) is 64.2 Å². The van der Waals surface area contributed by atoms with E-state index in [1.807, 2.05) is 37.3 Å². The second-order valence-corrected chi connectivity index (χ2v) is 10.6. The largest absolute Gasteiger partial charge is 0.340 e. The number of nitrogens with one attached hydrogen (secondary N) is 1. The average Bonchev–Trinajstić information content (AvgIpc) is 3.22. The van der Waals surface area contributed by atoms with Gasteiger partial charge >= 0.3 is 10.2 Å². The van der Waals surface area contributed by atoms with Crippen LogP contribution in [0.1, 0.15) is 43.4 Å². The fraction of sp³-hybridized carbons (Fsp3) is 0.214. The average molecular weight is 500 g/mol. The number of terminal acetylenes is 1. The van der Waals surface area contributed by atoms with Crippen LogP contribution in [0.15, 0.2) is 58.5 Å². The van der Waals surface area contributed by atoms with E-state index in [0.29, 0.717) is 22.8 Å². The van der Waals surface area contributed by atoms with Crippen LogP contribution in [0.4, 0.5) is 3.89 Å². The molecule has 1 aliphatic carbocycles. The predicted octanol–water partition coefficient (Wildman–Crippen LogP) is 5.62. The summed E-state index contributed by atoms with van der Waals surface area (Å²) in [5, 5.41) is 2.06. The Bertz CT molecular complexity index is 1930. The van der Waals surface area contributed by atoms with Crippen molar-refractivity contribution in [3.05, 3.63) is 70.1 Å². The van der Waals surface area contributed by atoms with Crippen LogP contribution in [-0.2, 0) is 16.6 Å². The maximum atomic E-state index is 13.9. The van der Waals surface area contributed by atoms with Crippen LogP contribution in [0.25, 0.3) is 44.0 Å². The Morgan fingerprint density at radius 1 is 1.17 bits per heavy atom. The van der Waals surface area contributed by atoms with Crippen LogP contribution in [0.5, 0.6) is 0 Å². The molecular formula is C28H22FN3O3S. The Morgan fingerprint density at radius 3 is 2.64 bits per heavy atom. The third-order valence-corrected chi connectivity index (χ3v) is 8.05. The summed E-state index contributed by atoms with van der Waals surface area (Å²) < 4.78 is 39.0. The monoisotopic (exact) mass is 499 g/mol. The van der Waals surface area contributed by atoms with Crippen molar-refractivity contribution < 1.29 is 12.3 Å². The summed E-state index contributed by atoms with van der Waals surface area (Å²) in [4.78, 5) is 20.8. The highest BCUT2D eigenvalue weighted by Gasteiger charge is 2.26. The molecule has 1 fully saturated rings. The lowest BCUT2D eigenvalue weighted by Gasteiger charge is -2.31. The molecule has 36 heavy (non-hydrogen) atoms. The van der Waals surface area contributed by atoms with Crippen molar-refractivity contribution in [3.8, 4) is 23.5 Å². The molecule has 1 saturated carbocycles. The van der Waals surface area contributed by atoms with Crippen molar-refractivity contribution in [1.29, 1.82) is 0 Å². The third-order valence-electron chi connectivity index (χ3n) is 7.27. The van der Waals surface area contributed by atoms with Gasteiger partial charge in [0.1, 0.15) is 10.5 Å². The summed E-state index contributed by atoms with van der Waals surface area (Å²) in [6.07, 6.45) is 11.8. The minimum atomic E-state index is -4.90. The van der Waals surface area contributed by atoms with E-state index < -0.39 is 15.1 Å². The van der Waals surface area contributed by atoms with E-state index in [2.05, 4.69) is 20.5 Å². The molecule has 1 N–H and O–H groups in total. The van der Waals surface area contributed by atoms with Gasteiger partial charge in [0.15, 0.2) is 5.43 Å². The Balaban J connectivity index is 1.74. The number of nitrogens with zero attached hydrogens (tertiary/aromatic N) is 2. The van der Waals surface area contributed by atoms with Crippen LogP contribution in [0.2, 0.25) is 0 Å². The highest BCUT2D eigenvalue weighted by molar-refractivity contribution is 7.86. The first kappa shape index (κ1) is 22.5. The van der Waals surface area contributed by atoms with Gasteiger partial charge in [-0.05, 0) is 67.1 Å². The normalized spacial score (nSPS) is 14.4. The van der Waals surface area contributed by atoms with Crippen molar-refractivity contribution >= 4 is 43.1 Å². The van der Waals surface area contributed by atoms with E-state index in [-0.39, 0.29) is 11.5 Å². The Hall–Kier alpha value is -3.96. The van der Waals surface area contributed by atoms with Crippen molar-refractivity contribution in [2.45, 2.75) is 43.5 Å². The molecule has 3 aromatic heterocycles. The number of fused-ring (bicyclic) bond motifs is 4. The number of pyridine rings is 2. The summed E-state index contributed by atoms with van der Waals surface area (Å²) in [6.45, 7) is 1.96. The molecule has 5 aromatic rings. The summed E-state index contributed by atoms with van der Waals surface area (Å²) in [5.74, 6) is 2.65. The fourth-order valence-electron chi connectivity index (χ4n) is 5.24. The first-order valence-electron chi connectivity index (χ1n) is 11.8. The van der Waals surface area contributed by atoms with Gasteiger partial charge in [0.2, 0.25) is 0 Å².